The molecule has 1 saturated heterocycles. The van der Waals surface area contributed by atoms with Gasteiger partial charge < -0.3 is 14.9 Å². The van der Waals surface area contributed by atoms with E-state index in [4.69, 9.17) is 4.74 Å². The lowest BCUT2D eigenvalue weighted by Gasteiger charge is -2.33. The van der Waals surface area contributed by atoms with Crippen molar-refractivity contribution < 1.29 is 28.1 Å². The molecule has 1 aromatic carbocycles. The number of rotatable bonds is 3. The Labute approximate surface area is 178 Å². The number of aryl methyl sites for hydroxylation is 2. The van der Waals surface area contributed by atoms with Gasteiger partial charge in [-0.15, -0.1) is 0 Å². The van der Waals surface area contributed by atoms with Crippen LogP contribution in [0, 0.1) is 0 Å². The Balaban J connectivity index is 1.78. The number of benzene rings is 1. The summed E-state index contributed by atoms with van der Waals surface area (Å²) in [5, 5.41) is 20.1. The molecular formula is C23H25F3N2O3. The molecule has 0 radical (unpaired) electrons. The highest BCUT2D eigenvalue weighted by Crippen LogP contribution is 2.40. The van der Waals surface area contributed by atoms with Crippen LogP contribution in [0.15, 0.2) is 36.0 Å². The number of hydrogen-bond donors (Lipinski definition) is 2. The number of fused-ring (bicyclic) bond motifs is 2. The second-order valence-electron chi connectivity index (χ2n) is 7.87. The number of aromatic nitrogens is 1. The molecule has 0 spiro atoms. The van der Waals surface area contributed by atoms with E-state index in [-0.39, 0.29) is 5.75 Å². The molecule has 1 aromatic heterocycles. The summed E-state index contributed by atoms with van der Waals surface area (Å²) in [5.74, 6) is 0.132. The van der Waals surface area contributed by atoms with Gasteiger partial charge in [-0.2, -0.15) is 13.2 Å². The number of phenols is 1. The molecule has 0 saturated carbocycles. The van der Waals surface area contributed by atoms with Crippen LogP contribution >= 0.6 is 0 Å². The molecule has 31 heavy (non-hydrogen) atoms. The van der Waals surface area contributed by atoms with Crippen molar-refractivity contribution in [1.29, 1.82) is 0 Å². The second kappa shape index (κ2) is 8.61. The number of likely N-dealkylation sites (tertiary alicyclic amines) is 1. The number of aliphatic hydroxyl groups excluding tert-OH is 1. The molecule has 0 bridgehead atoms. The van der Waals surface area contributed by atoms with Gasteiger partial charge in [0.2, 0.25) is 6.41 Å². The molecule has 1 unspecified atom stereocenters. The standard InChI is InChI=1S/C23H25F3N2O3/c1-2-31-22(30)28-9-7-14(8-10-28)20-19-6-5-18(29)12-15(19)3-4-16-11-17(23(24,25)26)13-27-21(16)20/h5-6,11-13,22,29-30H,2-4,7-10H2,1H3. The quantitative estimate of drug-likeness (QED) is 0.712. The predicted molar refractivity (Wildman–Crippen MR) is 109 cm³/mol. The lowest BCUT2D eigenvalue weighted by Crippen LogP contribution is -2.41. The number of hydrogen-bond acceptors (Lipinski definition) is 5. The summed E-state index contributed by atoms with van der Waals surface area (Å²) >= 11 is 0. The van der Waals surface area contributed by atoms with Gasteiger partial charge in [-0.3, -0.25) is 9.88 Å². The van der Waals surface area contributed by atoms with Crippen LogP contribution in [0.4, 0.5) is 13.2 Å². The zero-order valence-electron chi connectivity index (χ0n) is 17.2. The highest BCUT2D eigenvalue weighted by molar-refractivity contribution is 5.84. The number of phenolic OH excluding ortho intramolecular Hbond substituents is 1. The topological polar surface area (TPSA) is 65.8 Å². The summed E-state index contributed by atoms with van der Waals surface area (Å²) in [6, 6.07) is 6.30. The fourth-order valence-electron chi connectivity index (χ4n) is 4.39. The van der Waals surface area contributed by atoms with Crippen molar-refractivity contribution in [3.8, 4) is 5.75 Å². The Bertz CT molecular complexity index is 994. The van der Waals surface area contributed by atoms with E-state index in [2.05, 4.69) is 4.98 Å². The lowest BCUT2D eigenvalue weighted by atomic mass is 9.88. The third-order valence-corrected chi connectivity index (χ3v) is 5.94. The van der Waals surface area contributed by atoms with E-state index in [0.29, 0.717) is 56.6 Å². The summed E-state index contributed by atoms with van der Waals surface area (Å²) in [6.45, 7) is 3.37. The van der Waals surface area contributed by atoms with Crippen molar-refractivity contribution in [3.05, 3.63) is 64.0 Å². The van der Waals surface area contributed by atoms with E-state index in [1.54, 1.807) is 12.1 Å². The molecule has 2 heterocycles. The third kappa shape index (κ3) is 4.46. The molecule has 5 nitrogen and oxygen atoms in total. The Hall–Kier alpha value is -2.42. The smallest absolute Gasteiger partial charge is 0.417 e. The lowest BCUT2D eigenvalue weighted by molar-refractivity contribution is -0.192. The van der Waals surface area contributed by atoms with Crippen LogP contribution in [0.2, 0.25) is 0 Å². The normalized spacial score (nSPS) is 18.4. The monoisotopic (exact) mass is 434 g/mol. The van der Waals surface area contributed by atoms with Gasteiger partial charge in [-0.25, -0.2) is 0 Å². The van der Waals surface area contributed by atoms with Crippen molar-refractivity contribution in [1.82, 2.24) is 9.88 Å². The van der Waals surface area contributed by atoms with Crippen LogP contribution in [-0.2, 0) is 23.8 Å². The van der Waals surface area contributed by atoms with E-state index in [9.17, 15) is 23.4 Å². The SMILES string of the molecule is CCOC(O)N1CCC(=C2c3ccc(O)cc3CCc3cc(C(F)(F)F)cnc32)CC1. The van der Waals surface area contributed by atoms with E-state index in [0.717, 1.165) is 28.5 Å². The van der Waals surface area contributed by atoms with E-state index < -0.39 is 18.2 Å². The molecule has 166 valence electrons. The number of ether oxygens (including phenoxy) is 1. The number of pyridine rings is 1. The molecule has 1 aliphatic heterocycles. The molecule has 1 fully saturated rings. The van der Waals surface area contributed by atoms with Crippen LogP contribution in [0.1, 0.15) is 47.7 Å². The van der Waals surface area contributed by atoms with Gasteiger partial charge in [-0.1, -0.05) is 11.6 Å². The zero-order valence-corrected chi connectivity index (χ0v) is 17.2. The average Bonchev–Trinajstić information content (AvgIpc) is 2.89. The number of halogens is 3. The van der Waals surface area contributed by atoms with Crippen LogP contribution in [0.5, 0.6) is 5.75 Å². The van der Waals surface area contributed by atoms with Gasteiger partial charge in [0.1, 0.15) is 5.75 Å². The molecule has 1 aliphatic carbocycles. The van der Waals surface area contributed by atoms with Gasteiger partial charge in [-0.05, 0) is 67.5 Å². The maximum Gasteiger partial charge on any atom is 0.417 e. The first-order valence-electron chi connectivity index (χ1n) is 10.4. The third-order valence-electron chi connectivity index (χ3n) is 5.94. The molecule has 4 rings (SSSR count). The van der Waals surface area contributed by atoms with E-state index in [1.165, 1.54) is 6.07 Å². The number of nitrogens with zero attached hydrogens (tertiary/aromatic N) is 2. The van der Waals surface area contributed by atoms with E-state index >= 15 is 0 Å². The van der Waals surface area contributed by atoms with Crippen molar-refractivity contribution in [2.24, 2.45) is 0 Å². The molecule has 0 amide bonds. The summed E-state index contributed by atoms with van der Waals surface area (Å²) in [5.41, 5.74) is 4.11. The van der Waals surface area contributed by atoms with Crippen molar-refractivity contribution in [2.75, 3.05) is 19.7 Å². The molecular weight excluding hydrogens is 409 g/mol. The Morgan fingerprint density at radius 3 is 2.48 bits per heavy atom. The minimum Gasteiger partial charge on any atom is -0.508 e. The number of alkyl halides is 3. The van der Waals surface area contributed by atoms with Gasteiger partial charge >= 0.3 is 6.18 Å². The van der Waals surface area contributed by atoms with Crippen molar-refractivity contribution >= 4 is 5.57 Å². The van der Waals surface area contributed by atoms with Gasteiger partial charge in [0.25, 0.3) is 0 Å². The number of piperidine rings is 1. The van der Waals surface area contributed by atoms with Crippen LogP contribution < -0.4 is 0 Å². The summed E-state index contributed by atoms with van der Waals surface area (Å²) in [6.07, 6.45) is -2.30. The second-order valence-corrected chi connectivity index (χ2v) is 7.87. The average molecular weight is 434 g/mol. The molecule has 2 aromatic rings. The largest absolute Gasteiger partial charge is 0.508 e. The Morgan fingerprint density at radius 2 is 1.81 bits per heavy atom. The molecule has 2 aliphatic rings. The maximum atomic E-state index is 13.3. The first-order chi connectivity index (χ1) is 14.8. The van der Waals surface area contributed by atoms with Crippen LogP contribution in [-0.4, -0.2) is 46.2 Å². The zero-order chi connectivity index (χ0) is 22.2. The highest BCUT2D eigenvalue weighted by Gasteiger charge is 2.33. The van der Waals surface area contributed by atoms with Gasteiger partial charge in [0.15, 0.2) is 0 Å². The van der Waals surface area contributed by atoms with Crippen LogP contribution in [0.3, 0.4) is 0 Å². The summed E-state index contributed by atoms with van der Waals surface area (Å²) < 4.78 is 45.1. The predicted octanol–water partition coefficient (Wildman–Crippen LogP) is 4.11. The number of aromatic hydroxyl groups is 1. The summed E-state index contributed by atoms with van der Waals surface area (Å²) in [7, 11) is 0. The maximum absolute atomic E-state index is 13.3. The molecule has 8 heteroatoms. The molecule has 1 atom stereocenters. The van der Waals surface area contributed by atoms with Crippen molar-refractivity contribution in [2.45, 2.75) is 45.2 Å². The first kappa shape index (κ1) is 21.8. The number of aliphatic hydroxyl groups is 1. The highest BCUT2D eigenvalue weighted by atomic mass is 19.4. The summed E-state index contributed by atoms with van der Waals surface area (Å²) in [4.78, 5) is 6.12. The Kier molecular flexibility index (Phi) is 6.05. The van der Waals surface area contributed by atoms with Crippen LogP contribution in [0.25, 0.3) is 5.57 Å². The first-order valence-corrected chi connectivity index (χ1v) is 10.4. The Morgan fingerprint density at radius 1 is 1.10 bits per heavy atom. The van der Waals surface area contributed by atoms with E-state index in [1.807, 2.05) is 17.9 Å². The fourth-order valence-corrected chi connectivity index (χ4v) is 4.39. The van der Waals surface area contributed by atoms with Gasteiger partial charge in [0, 0.05) is 31.5 Å². The molecule has 2 N–H and O–H groups in total. The minimum atomic E-state index is -4.45. The fraction of sp³-hybridized carbons (Fsp3) is 0.435. The van der Waals surface area contributed by atoms with Crippen molar-refractivity contribution in [3.63, 3.8) is 0 Å². The minimum absolute atomic E-state index is 0.132. The van der Waals surface area contributed by atoms with Gasteiger partial charge in [0.05, 0.1) is 11.3 Å².